The Bertz CT molecular complexity index is 1270. The Morgan fingerprint density at radius 3 is 2.53 bits per heavy atom. The maximum atomic E-state index is 13.0. The topological polar surface area (TPSA) is 95.0 Å². The highest BCUT2D eigenvalue weighted by Gasteiger charge is 2.25. The van der Waals surface area contributed by atoms with Gasteiger partial charge in [-0.15, -0.1) is 0 Å². The van der Waals surface area contributed by atoms with Crippen LogP contribution in [0.5, 0.6) is 11.5 Å². The molecule has 0 spiro atoms. The summed E-state index contributed by atoms with van der Waals surface area (Å²) in [4.78, 5) is 26.2. The van der Waals surface area contributed by atoms with Crippen LogP contribution in [0.1, 0.15) is 30.9 Å². The minimum absolute atomic E-state index is 0.0829. The number of hydrogen-bond acceptors (Lipinski definition) is 5. The van der Waals surface area contributed by atoms with Crippen LogP contribution >= 0.6 is 0 Å². The molecule has 0 radical (unpaired) electrons. The van der Waals surface area contributed by atoms with E-state index in [-0.39, 0.29) is 17.7 Å². The van der Waals surface area contributed by atoms with Crippen molar-refractivity contribution < 1.29 is 23.5 Å². The van der Waals surface area contributed by atoms with Crippen LogP contribution in [0.15, 0.2) is 47.1 Å². The molecule has 2 N–H and O–H groups in total. The first-order chi connectivity index (χ1) is 16.3. The fourth-order valence-electron chi connectivity index (χ4n) is 4.62. The number of primary amides is 1. The smallest absolute Gasteiger partial charge is 0.246 e. The van der Waals surface area contributed by atoms with Gasteiger partial charge in [-0.3, -0.25) is 9.59 Å². The lowest BCUT2D eigenvalue weighted by Gasteiger charge is -2.30. The van der Waals surface area contributed by atoms with Crippen molar-refractivity contribution in [3.63, 3.8) is 0 Å². The SMILES string of the molecule is COc1cccc(-c2coc3c(C)c(OC)c(/C(C)=C/C(=O)N4CCC(C(N)=O)CC4)cc23)c1. The molecule has 178 valence electrons. The molecule has 34 heavy (non-hydrogen) atoms. The number of methoxy groups -OCH3 is 2. The van der Waals surface area contributed by atoms with Gasteiger partial charge in [0, 0.05) is 47.2 Å². The van der Waals surface area contributed by atoms with E-state index < -0.39 is 0 Å². The number of likely N-dealkylation sites (tertiary alicyclic amines) is 1. The number of carbonyl (C=O) groups is 2. The number of nitrogens with zero attached hydrogens (tertiary/aromatic N) is 1. The van der Waals surface area contributed by atoms with Crippen LogP contribution in [0.3, 0.4) is 0 Å². The molecule has 2 aromatic carbocycles. The minimum Gasteiger partial charge on any atom is -0.497 e. The van der Waals surface area contributed by atoms with Crippen molar-refractivity contribution in [2.45, 2.75) is 26.7 Å². The maximum absolute atomic E-state index is 13.0. The molecule has 7 nitrogen and oxygen atoms in total. The van der Waals surface area contributed by atoms with Crippen LogP contribution in [-0.4, -0.2) is 44.0 Å². The molecule has 1 aliphatic heterocycles. The molecule has 1 saturated heterocycles. The second-order valence-electron chi connectivity index (χ2n) is 8.67. The van der Waals surface area contributed by atoms with E-state index in [2.05, 4.69) is 0 Å². The van der Waals surface area contributed by atoms with Crippen LogP contribution in [0, 0.1) is 12.8 Å². The Hall–Kier alpha value is -3.74. The number of carbonyl (C=O) groups excluding carboxylic acids is 2. The molecule has 0 aliphatic carbocycles. The summed E-state index contributed by atoms with van der Waals surface area (Å²) in [6.45, 7) is 4.90. The van der Waals surface area contributed by atoms with Gasteiger partial charge in [-0.2, -0.15) is 0 Å². The summed E-state index contributed by atoms with van der Waals surface area (Å²) in [5.74, 6) is 0.905. The first-order valence-electron chi connectivity index (χ1n) is 11.3. The molecule has 0 atom stereocenters. The summed E-state index contributed by atoms with van der Waals surface area (Å²) in [5, 5.41) is 0.934. The third kappa shape index (κ3) is 4.38. The highest BCUT2D eigenvalue weighted by Crippen LogP contribution is 2.41. The van der Waals surface area contributed by atoms with E-state index in [1.807, 2.05) is 44.2 Å². The minimum atomic E-state index is -0.292. The lowest BCUT2D eigenvalue weighted by atomic mass is 9.95. The fraction of sp³-hybridized carbons (Fsp3) is 0.333. The summed E-state index contributed by atoms with van der Waals surface area (Å²) in [5.41, 5.74) is 10.6. The largest absolute Gasteiger partial charge is 0.497 e. The third-order valence-electron chi connectivity index (χ3n) is 6.60. The Morgan fingerprint density at radius 2 is 1.88 bits per heavy atom. The van der Waals surface area contributed by atoms with E-state index in [0.29, 0.717) is 31.7 Å². The van der Waals surface area contributed by atoms with E-state index in [1.54, 1.807) is 31.5 Å². The number of furan rings is 1. The predicted molar refractivity (Wildman–Crippen MR) is 132 cm³/mol. The summed E-state index contributed by atoms with van der Waals surface area (Å²) in [6.07, 6.45) is 4.57. The average molecular weight is 463 g/mol. The molecule has 7 heteroatoms. The summed E-state index contributed by atoms with van der Waals surface area (Å²) < 4.78 is 17.0. The van der Waals surface area contributed by atoms with Gasteiger partial charge in [0.15, 0.2) is 0 Å². The van der Waals surface area contributed by atoms with E-state index in [1.165, 1.54) is 0 Å². The number of hydrogen-bond donors (Lipinski definition) is 1. The highest BCUT2D eigenvalue weighted by atomic mass is 16.5. The van der Waals surface area contributed by atoms with Crippen molar-refractivity contribution >= 4 is 28.4 Å². The van der Waals surface area contributed by atoms with E-state index in [4.69, 9.17) is 19.6 Å². The second-order valence-corrected chi connectivity index (χ2v) is 8.67. The van der Waals surface area contributed by atoms with Crippen LogP contribution in [-0.2, 0) is 9.59 Å². The first-order valence-corrected chi connectivity index (χ1v) is 11.3. The molecule has 2 amide bonds. The van der Waals surface area contributed by atoms with Gasteiger partial charge in [-0.05, 0) is 56.0 Å². The number of nitrogens with two attached hydrogens (primary N) is 1. The van der Waals surface area contributed by atoms with Crippen LogP contribution in [0.2, 0.25) is 0 Å². The molecule has 0 saturated carbocycles. The quantitative estimate of drug-likeness (QED) is 0.542. The number of piperidine rings is 1. The average Bonchev–Trinajstić information content (AvgIpc) is 3.28. The highest BCUT2D eigenvalue weighted by molar-refractivity contribution is 6.01. The van der Waals surface area contributed by atoms with Gasteiger partial charge in [0.25, 0.3) is 0 Å². The molecule has 1 aliphatic rings. The molecule has 3 aromatic rings. The van der Waals surface area contributed by atoms with Gasteiger partial charge in [0.1, 0.15) is 17.1 Å². The summed E-state index contributed by atoms with van der Waals surface area (Å²) >= 11 is 0. The van der Waals surface area contributed by atoms with Gasteiger partial charge in [0.2, 0.25) is 11.8 Å². The zero-order valence-corrected chi connectivity index (χ0v) is 20.0. The number of rotatable bonds is 6. The standard InChI is InChI=1S/C27H30N2O5/c1-16(12-24(30)29-10-8-18(9-11-29)27(28)31)21-14-22-23(19-6-5-7-20(13-19)32-3)15-34-26(22)17(2)25(21)33-4/h5-7,12-15,18H,8-11H2,1-4H3,(H2,28,31)/b16-12+. The van der Waals surface area contributed by atoms with E-state index in [9.17, 15) is 9.59 Å². The van der Waals surface area contributed by atoms with Gasteiger partial charge in [-0.1, -0.05) is 12.1 Å². The molecule has 4 rings (SSSR count). The third-order valence-corrected chi connectivity index (χ3v) is 6.60. The molecular formula is C27H30N2O5. The molecule has 2 heterocycles. The maximum Gasteiger partial charge on any atom is 0.246 e. The van der Waals surface area contributed by atoms with Gasteiger partial charge in [0.05, 0.1) is 20.5 Å². The fourth-order valence-corrected chi connectivity index (χ4v) is 4.62. The van der Waals surface area contributed by atoms with E-state index >= 15 is 0 Å². The van der Waals surface area contributed by atoms with Crippen LogP contribution in [0.4, 0.5) is 0 Å². The van der Waals surface area contributed by atoms with Crippen molar-refractivity contribution in [3.8, 4) is 22.6 Å². The number of benzene rings is 2. The molecule has 0 bridgehead atoms. The number of fused-ring (bicyclic) bond motifs is 1. The summed E-state index contributed by atoms with van der Waals surface area (Å²) in [7, 11) is 3.26. The number of ether oxygens (including phenoxy) is 2. The van der Waals surface area contributed by atoms with Crippen molar-refractivity contribution in [2.24, 2.45) is 11.7 Å². The molecule has 0 unspecified atom stereocenters. The van der Waals surface area contributed by atoms with Crippen molar-refractivity contribution in [2.75, 3.05) is 27.3 Å². The second kappa shape index (κ2) is 9.63. The van der Waals surface area contributed by atoms with Gasteiger partial charge < -0.3 is 24.5 Å². The van der Waals surface area contributed by atoms with Gasteiger partial charge in [-0.25, -0.2) is 0 Å². The van der Waals surface area contributed by atoms with Crippen LogP contribution in [0.25, 0.3) is 27.7 Å². The number of aryl methyl sites for hydroxylation is 1. The summed E-state index contributed by atoms with van der Waals surface area (Å²) in [6, 6.07) is 9.82. The Morgan fingerprint density at radius 1 is 1.15 bits per heavy atom. The lowest BCUT2D eigenvalue weighted by Crippen LogP contribution is -2.41. The molecular weight excluding hydrogens is 432 g/mol. The number of allylic oxidation sites excluding steroid dienone is 1. The zero-order valence-electron chi connectivity index (χ0n) is 20.0. The Kier molecular flexibility index (Phi) is 6.63. The lowest BCUT2D eigenvalue weighted by molar-refractivity contribution is -0.130. The molecule has 1 fully saturated rings. The molecule has 1 aromatic heterocycles. The Balaban J connectivity index is 1.71. The first kappa shape index (κ1) is 23.4. The normalized spacial score (nSPS) is 14.9. The van der Waals surface area contributed by atoms with Crippen LogP contribution < -0.4 is 15.2 Å². The van der Waals surface area contributed by atoms with E-state index in [0.717, 1.165) is 44.5 Å². The predicted octanol–water partition coefficient (Wildman–Crippen LogP) is 4.55. The Labute approximate surface area is 199 Å². The van der Waals surface area contributed by atoms with Crippen molar-refractivity contribution in [1.29, 1.82) is 0 Å². The van der Waals surface area contributed by atoms with Crippen molar-refractivity contribution in [1.82, 2.24) is 4.90 Å². The zero-order chi connectivity index (χ0) is 24.4. The van der Waals surface area contributed by atoms with Crippen molar-refractivity contribution in [3.05, 3.63) is 53.8 Å². The number of amides is 2. The monoisotopic (exact) mass is 462 g/mol. The van der Waals surface area contributed by atoms with Gasteiger partial charge >= 0.3 is 0 Å².